The van der Waals surface area contributed by atoms with E-state index in [4.69, 9.17) is 0 Å². The summed E-state index contributed by atoms with van der Waals surface area (Å²) in [5, 5.41) is 3.32. The van der Waals surface area contributed by atoms with Crippen LogP contribution in [0.4, 0.5) is 4.39 Å². The van der Waals surface area contributed by atoms with Crippen molar-refractivity contribution in [1.82, 2.24) is 10.2 Å². The van der Waals surface area contributed by atoms with E-state index in [1.54, 1.807) is 6.07 Å². The van der Waals surface area contributed by atoms with E-state index in [1.165, 1.54) is 17.2 Å². The van der Waals surface area contributed by atoms with Gasteiger partial charge in [0.2, 0.25) is 0 Å². The molecule has 4 heteroatoms. The number of hydrogen-bond donors (Lipinski definition) is 1. The lowest BCUT2D eigenvalue weighted by atomic mass is 10.1. The number of rotatable bonds is 6. The predicted molar refractivity (Wildman–Crippen MR) is 88.5 cm³/mol. The molecule has 0 aliphatic carbocycles. The van der Waals surface area contributed by atoms with Gasteiger partial charge in [-0.25, -0.2) is 4.39 Å². The molecule has 0 saturated heterocycles. The minimum Gasteiger partial charge on any atom is -0.309 e. The maximum absolute atomic E-state index is 13.8. The molecular weight excluding hydrogens is 331 g/mol. The van der Waals surface area contributed by atoms with E-state index >= 15 is 0 Å². The van der Waals surface area contributed by atoms with Crippen LogP contribution in [0.1, 0.15) is 16.7 Å². The van der Waals surface area contributed by atoms with E-state index in [0.717, 1.165) is 17.6 Å². The van der Waals surface area contributed by atoms with E-state index in [0.29, 0.717) is 12.1 Å². The molecule has 0 atom stereocenters. The van der Waals surface area contributed by atoms with Gasteiger partial charge in [-0.3, -0.25) is 0 Å². The minimum absolute atomic E-state index is 0.182. The molecule has 2 rings (SSSR count). The molecule has 0 aliphatic rings. The first-order valence-corrected chi connectivity index (χ1v) is 7.71. The number of halogens is 2. The zero-order valence-corrected chi connectivity index (χ0v) is 14.0. The lowest BCUT2D eigenvalue weighted by Gasteiger charge is -2.14. The molecule has 2 aromatic rings. The molecule has 0 unspecified atom stereocenters. The fourth-order valence-corrected chi connectivity index (χ4v) is 2.55. The molecule has 0 aliphatic heterocycles. The Kier molecular flexibility index (Phi) is 5.91. The number of benzene rings is 2. The maximum atomic E-state index is 13.8. The van der Waals surface area contributed by atoms with Crippen LogP contribution in [0.15, 0.2) is 46.9 Å². The van der Waals surface area contributed by atoms with Crippen molar-refractivity contribution in [3.63, 3.8) is 0 Å². The Balaban J connectivity index is 1.97. The molecule has 0 radical (unpaired) electrons. The highest BCUT2D eigenvalue weighted by Crippen LogP contribution is 2.15. The van der Waals surface area contributed by atoms with Gasteiger partial charge in [-0.2, -0.15) is 0 Å². The van der Waals surface area contributed by atoms with Crippen LogP contribution >= 0.6 is 15.9 Å². The van der Waals surface area contributed by atoms with Crippen molar-refractivity contribution in [3.05, 3.63) is 69.4 Å². The van der Waals surface area contributed by atoms with E-state index in [-0.39, 0.29) is 5.82 Å². The maximum Gasteiger partial charge on any atom is 0.128 e. The van der Waals surface area contributed by atoms with Crippen LogP contribution in [0.3, 0.4) is 0 Å². The summed E-state index contributed by atoms with van der Waals surface area (Å²) in [6.07, 6.45) is 0. The van der Waals surface area contributed by atoms with Gasteiger partial charge < -0.3 is 10.2 Å². The Hall–Kier alpha value is -1.23. The molecule has 0 heterocycles. The molecule has 0 fully saturated rings. The van der Waals surface area contributed by atoms with Crippen LogP contribution in [-0.2, 0) is 19.6 Å². The molecule has 0 amide bonds. The topological polar surface area (TPSA) is 15.3 Å². The summed E-state index contributed by atoms with van der Waals surface area (Å²) in [6, 6.07) is 13.5. The molecule has 1 N–H and O–H groups in total. The van der Waals surface area contributed by atoms with Crippen molar-refractivity contribution in [2.24, 2.45) is 0 Å². The van der Waals surface area contributed by atoms with Crippen LogP contribution in [0, 0.1) is 5.82 Å². The first-order chi connectivity index (χ1) is 10.1. The summed E-state index contributed by atoms with van der Waals surface area (Å²) in [6.45, 7) is 2.17. The highest BCUT2D eigenvalue weighted by atomic mass is 79.9. The number of nitrogens with one attached hydrogen (secondary N) is 1. The SMILES string of the molecule is CN(C)Cc1ccccc1CNCc1ccc(Br)cc1F. The van der Waals surface area contributed by atoms with Gasteiger partial charge in [0.05, 0.1) is 0 Å². The fourth-order valence-electron chi connectivity index (χ4n) is 2.22. The Labute approximate surface area is 134 Å². The molecule has 0 bridgehead atoms. The molecule has 2 aromatic carbocycles. The molecule has 112 valence electrons. The first kappa shape index (κ1) is 16.1. The van der Waals surface area contributed by atoms with Crippen molar-refractivity contribution >= 4 is 15.9 Å². The molecule has 0 spiro atoms. The standard InChI is InChI=1S/C17H20BrFN2/c1-21(2)12-15-6-4-3-5-13(15)10-20-11-14-7-8-16(18)9-17(14)19/h3-9,20H,10-12H2,1-2H3. The van der Waals surface area contributed by atoms with Crippen molar-refractivity contribution in [2.75, 3.05) is 14.1 Å². The third kappa shape index (κ3) is 4.92. The largest absolute Gasteiger partial charge is 0.309 e. The average Bonchev–Trinajstić information content (AvgIpc) is 2.42. The van der Waals surface area contributed by atoms with Crippen molar-refractivity contribution in [2.45, 2.75) is 19.6 Å². The molecular formula is C17H20BrFN2. The number of hydrogen-bond acceptors (Lipinski definition) is 2. The van der Waals surface area contributed by atoms with Crippen LogP contribution in [0.25, 0.3) is 0 Å². The monoisotopic (exact) mass is 350 g/mol. The third-order valence-electron chi connectivity index (χ3n) is 3.25. The van der Waals surface area contributed by atoms with Gasteiger partial charge in [-0.15, -0.1) is 0 Å². The van der Waals surface area contributed by atoms with E-state index in [1.807, 2.05) is 12.1 Å². The normalized spacial score (nSPS) is 11.1. The van der Waals surface area contributed by atoms with Gasteiger partial charge in [0, 0.05) is 29.7 Å². The second kappa shape index (κ2) is 7.69. The van der Waals surface area contributed by atoms with Crippen LogP contribution in [-0.4, -0.2) is 19.0 Å². The molecule has 0 aromatic heterocycles. The second-order valence-corrected chi connectivity index (χ2v) is 6.26. The lowest BCUT2D eigenvalue weighted by molar-refractivity contribution is 0.400. The second-order valence-electron chi connectivity index (χ2n) is 5.35. The highest BCUT2D eigenvalue weighted by Gasteiger charge is 2.05. The highest BCUT2D eigenvalue weighted by molar-refractivity contribution is 9.10. The first-order valence-electron chi connectivity index (χ1n) is 6.92. The van der Waals surface area contributed by atoms with Crippen molar-refractivity contribution in [1.29, 1.82) is 0 Å². The van der Waals surface area contributed by atoms with Gasteiger partial charge in [-0.05, 0) is 37.4 Å². The zero-order valence-electron chi connectivity index (χ0n) is 12.4. The van der Waals surface area contributed by atoms with Crippen LogP contribution in [0.2, 0.25) is 0 Å². The molecule has 2 nitrogen and oxygen atoms in total. The van der Waals surface area contributed by atoms with Gasteiger partial charge in [0.25, 0.3) is 0 Å². The van der Waals surface area contributed by atoms with Gasteiger partial charge in [0.1, 0.15) is 5.82 Å². The summed E-state index contributed by atoms with van der Waals surface area (Å²) >= 11 is 3.27. The van der Waals surface area contributed by atoms with E-state index < -0.39 is 0 Å². The van der Waals surface area contributed by atoms with Crippen molar-refractivity contribution < 1.29 is 4.39 Å². The summed E-state index contributed by atoms with van der Waals surface area (Å²) in [4.78, 5) is 2.15. The molecule has 0 saturated carbocycles. The Morgan fingerprint density at radius 3 is 2.33 bits per heavy atom. The van der Waals surface area contributed by atoms with Crippen molar-refractivity contribution in [3.8, 4) is 0 Å². The van der Waals surface area contributed by atoms with Gasteiger partial charge >= 0.3 is 0 Å². The summed E-state index contributed by atoms with van der Waals surface area (Å²) in [5.74, 6) is -0.182. The van der Waals surface area contributed by atoms with Gasteiger partial charge in [0.15, 0.2) is 0 Å². The number of nitrogens with zero attached hydrogens (tertiary/aromatic N) is 1. The van der Waals surface area contributed by atoms with Crippen LogP contribution < -0.4 is 5.32 Å². The lowest BCUT2D eigenvalue weighted by Crippen LogP contribution is -2.17. The fraction of sp³-hybridized carbons (Fsp3) is 0.294. The Bertz CT molecular complexity index is 599. The van der Waals surface area contributed by atoms with Crippen LogP contribution in [0.5, 0.6) is 0 Å². The average molecular weight is 351 g/mol. The quantitative estimate of drug-likeness (QED) is 0.848. The minimum atomic E-state index is -0.182. The summed E-state index contributed by atoms with van der Waals surface area (Å²) in [7, 11) is 4.11. The third-order valence-corrected chi connectivity index (χ3v) is 3.74. The predicted octanol–water partition coefficient (Wildman–Crippen LogP) is 3.94. The zero-order chi connectivity index (χ0) is 15.2. The summed E-state index contributed by atoms with van der Waals surface area (Å²) in [5.41, 5.74) is 3.23. The van der Waals surface area contributed by atoms with E-state index in [2.05, 4.69) is 58.4 Å². The Morgan fingerprint density at radius 1 is 1.00 bits per heavy atom. The van der Waals surface area contributed by atoms with E-state index in [9.17, 15) is 4.39 Å². The smallest absolute Gasteiger partial charge is 0.128 e. The molecule has 21 heavy (non-hydrogen) atoms. The van der Waals surface area contributed by atoms with Gasteiger partial charge in [-0.1, -0.05) is 46.3 Å². The summed E-state index contributed by atoms with van der Waals surface area (Å²) < 4.78 is 14.5. The Morgan fingerprint density at radius 2 is 1.67 bits per heavy atom.